The topological polar surface area (TPSA) is 57.6 Å². The van der Waals surface area contributed by atoms with E-state index in [4.69, 9.17) is 0 Å². The molecule has 0 aliphatic carbocycles. The van der Waals surface area contributed by atoms with Crippen LogP contribution in [-0.2, 0) is 11.2 Å². The highest BCUT2D eigenvalue weighted by molar-refractivity contribution is 9.13. The lowest BCUT2D eigenvalue weighted by Crippen LogP contribution is -2.42. The van der Waals surface area contributed by atoms with Crippen LogP contribution in [0.4, 0.5) is 0 Å². The summed E-state index contributed by atoms with van der Waals surface area (Å²) in [5, 5.41) is 11.4. The molecule has 8 heteroatoms. The zero-order chi connectivity index (χ0) is 15.1. The first-order chi connectivity index (χ1) is 9.99. The van der Waals surface area contributed by atoms with Gasteiger partial charge in [-0.25, -0.2) is 4.79 Å². The average molecular weight is 451 g/mol. The SMILES string of the molecule is O=C(O)C1c2ccsc2CCN1C(=O)c1cc(Br)c(Br)s1. The quantitative estimate of drug-likeness (QED) is 0.747. The van der Waals surface area contributed by atoms with E-state index in [0.717, 1.165) is 18.7 Å². The number of carboxylic acids is 1. The molecule has 1 aliphatic rings. The molecule has 2 aromatic heterocycles. The van der Waals surface area contributed by atoms with Gasteiger partial charge in [-0.1, -0.05) is 0 Å². The lowest BCUT2D eigenvalue weighted by Gasteiger charge is -2.32. The number of amides is 1. The van der Waals surface area contributed by atoms with E-state index in [2.05, 4.69) is 31.9 Å². The molecule has 0 radical (unpaired) electrons. The van der Waals surface area contributed by atoms with E-state index in [1.165, 1.54) is 16.2 Å². The molecule has 1 aliphatic heterocycles. The number of carbonyl (C=O) groups is 2. The third-order valence-electron chi connectivity index (χ3n) is 3.32. The molecule has 1 amide bonds. The lowest BCUT2D eigenvalue weighted by molar-refractivity contribution is -0.142. The van der Waals surface area contributed by atoms with Crippen molar-refractivity contribution >= 4 is 66.4 Å². The number of hydrogen-bond donors (Lipinski definition) is 1. The van der Waals surface area contributed by atoms with Crippen molar-refractivity contribution in [3.63, 3.8) is 0 Å². The zero-order valence-corrected chi connectivity index (χ0v) is 15.3. The lowest BCUT2D eigenvalue weighted by atomic mass is 10.00. The molecule has 0 bridgehead atoms. The van der Waals surface area contributed by atoms with E-state index < -0.39 is 12.0 Å². The van der Waals surface area contributed by atoms with Crippen LogP contribution in [-0.4, -0.2) is 28.4 Å². The zero-order valence-electron chi connectivity index (χ0n) is 10.5. The van der Waals surface area contributed by atoms with Gasteiger partial charge in [-0.05, 0) is 61.4 Å². The molecule has 0 fully saturated rings. The summed E-state index contributed by atoms with van der Waals surface area (Å²) in [5.74, 6) is -1.23. The molecule has 0 saturated heterocycles. The van der Waals surface area contributed by atoms with E-state index in [1.807, 2.05) is 5.38 Å². The van der Waals surface area contributed by atoms with Crippen molar-refractivity contribution < 1.29 is 14.7 Å². The van der Waals surface area contributed by atoms with Crippen molar-refractivity contribution in [2.45, 2.75) is 12.5 Å². The minimum Gasteiger partial charge on any atom is -0.479 e. The van der Waals surface area contributed by atoms with Gasteiger partial charge in [0.25, 0.3) is 5.91 Å². The van der Waals surface area contributed by atoms with Crippen LogP contribution in [0.15, 0.2) is 25.8 Å². The number of hydrogen-bond acceptors (Lipinski definition) is 4. The number of thiophene rings is 2. The van der Waals surface area contributed by atoms with Crippen molar-refractivity contribution in [2.24, 2.45) is 0 Å². The molecule has 0 saturated carbocycles. The Hall–Kier alpha value is -0.700. The van der Waals surface area contributed by atoms with Gasteiger partial charge in [0, 0.05) is 15.9 Å². The summed E-state index contributed by atoms with van der Waals surface area (Å²) in [6.07, 6.45) is 0.705. The summed E-state index contributed by atoms with van der Waals surface area (Å²) < 4.78 is 1.63. The van der Waals surface area contributed by atoms with Crippen molar-refractivity contribution in [3.8, 4) is 0 Å². The molecule has 3 heterocycles. The molecular weight excluding hydrogens is 442 g/mol. The smallest absolute Gasteiger partial charge is 0.331 e. The molecule has 1 unspecified atom stereocenters. The first-order valence-corrected chi connectivity index (χ1v) is 9.32. The molecule has 2 aromatic rings. The van der Waals surface area contributed by atoms with Gasteiger partial charge in [0.05, 0.1) is 8.66 Å². The number of nitrogens with zero attached hydrogens (tertiary/aromatic N) is 1. The van der Waals surface area contributed by atoms with Crippen molar-refractivity contribution in [1.82, 2.24) is 4.90 Å². The second-order valence-electron chi connectivity index (χ2n) is 4.52. The maximum Gasteiger partial charge on any atom is 0.331 e. The Kier molecular flexibility index (Phi) is 4.22. The van der Waals surface area contributed by atoms with E-state index >= 15 is 0 Å². The number of carbonyl (C=O) groups excluding carboxylic acids is 1. The van der Waals surface area contributed by atoms with Crippen LogP contribution in [0.25, 0.3) is 0 Å². The Balaban J connectivity index is 1.98. The fourth-order valence-electron chi connectivity index (χ4n) is 2.39. The highest BCUT2D eigenvalue weighted by atomic mass is 79.9. The first kappa shape index (κ1) is 15.2. The van der Waals surface area contributed by atoms with Crippen LogP contribution in [0, 0.1) is 0 Å². The minimum absolute atomic E-state index is 0.240. The van der Waals surface area contributed by atoms with Crippen LogP contribution in [0.2, 0.25) is 0 Å². The third-order valence-corrected chi connectivity index (χ3v) is 7.56. The van der Waals surface area contributed by atoms with Gasteiger partial charge in [-0.2, -0.15) is 0 Å². The molecule has 0 aromatic carbocycles. The summed E-state index contributed by atoms with van der Waals surface area (Å²) >= 11 is 9.56. The van der Waals surface area contributed by atoms with E-state index in [0.29, 0.717) is 17.8 Å². The Bertz CT molecular complexity index is 705. The fraction of sp³-hybridized carbons (Fsp3) is 0.231. The van der Waals surface area contributed by atoms with Crippen LogP contribution >= 0.6 is 54.5 Å². The second kappa shape index (κ2) is 5.83. The van der Waals surface area contributed by atoms with Crippen LogP contribution in [0.1, 0.15) is 26.2 Å². The molecule has 3 rings (SSSR count). The normalized spacial score (nSPS) is 17.6. The summed E-state index contributed by atoms with van der Waals surface area (Å²) in [6.45, 7) is 0.427. The molecule has 0 spiro atoms. The number of aliphatic carboxylic acids is 1. The predicted octanol–water partition coefficient (Wildman–Crippen LogP) is 4.16. The van der Waals surface area contributed by atoms with Gasteiger partial charge in [-0.15, -0.1) is 22.7 Å². The Morgan fingerprint density at radius 3 is 2.76 bits per heavy atom. The minimum atomic E-state index is -0.989. The molecule has 1 atom stereocenters. The number of fused-ring (bicyclic) bond motifs is 1. The van der Waals surface area contributed by atoms with E-state index in [-0.39, 0.29) is 5.91 Å². The maximum atomic E-state index is 12.6. The van der Waals surface area contributed by atoms with Crippen molar-refractivity contribution in [1.29, 1.82) is 0 Å². The maximum absolute atomic E-state index is 12.6. The first-order valence-electron chi connectivity index (χ1n) is 6.04. The second-order valence-corrected chi connectivity index (χ2v) is 8.75. The summed E-state index contributed by atoms with van der Waals surface area (Å²) in [7, 11) is 0. The van der Waals surface area contributed by atoms with Gasteiger partial charge < -0.3 is 10.0 Å². The summed E-state index contributed by atoms with van der Waals surface area (Å²) in [6, 6.07) is 2.63. The van der Waals surface area contributed by atoms with Crippen LogP contribution in [0.5, 0.6) is 0 Å². The third kappa shape index (κ3) is 2.69. The molecule has 110 valence electrons. The highest BCUT2D eigenvalue weighted by Gasteiger charge is 2.37. The average Bonchev–Trinajstić information content (AvgIpc) is 3.03. The van der Waals surface area contributed by atoms with Crippen molar-refractivity contribution in [3.05, 3.63) is 41.1 Å². The summed E-state index contributed by atoms with van der Waals surface area (Å²) in [4.78, 5) is 27.3. The van der Waals surface area contributed by atoms with Gasteiger partial charge >= 0.3 is 5.97 Å². The van der Waals surface area contributed by atoms with Crippen LogP contribution in [0.3, 0.4) is 0 Å². The van der Waals surface area contributed by atoms with Gasteiger partial charge in [0.1, 0.15) is 0 Å². The highest BCUT2D eigenvalue weighted by Crippen LogP contribution is 2.37. The molecule has 21 heavy (non-hydrogen) atoms. The summed E-state index contributed by atoms with van der Waals surface area (Å²) in [5.41, 5.74) is 0.738. The van der Waals surface area contributed by atoms with E-state index in [1.54, 1.807) is 23.5 Å². The van der Waals surface area contributed by atoms with E-state index in [9.17, 15) is 14.7 Å². The monoisotopic (exact) mass is 449 g/mol. The number of carboxylic acid groups (broad SMARTS) is 1. The largest absolute Gasteiger partial charge is 0.479 e. The Morgan fingerprint density at radius 2 is 2.14 bits per heavy atom. The Labute approximate surface area is 145 Å². The van der Waals surface area contributed by atoms with Gasteiger partial charge in [0.2, 0.25) is 0 Å². The van der Waals surface area contributed by atoms with Gasteiger partial charge in [-0.3, -0.25) is 4.79 Å². The Morgan fingerprint density at radius 1 is 1.38 bits per heavy atom. The predicted molar refractivity (Wildman–Crippen MR) is 89.2 cm³/mol. The standard InChI is InChI=1S/C13H9Br2NO3S2/c14-7-5-9(21-11(7)15)12(17)16-3-1-8-6(2-4-20-8)10(16)13(18)19/h2,4-5,10H,1,3H2,(H,18,19). The number of halogens is 2. The molecule has 4 nitrogen and oxygen atoms in total. The molecular formula is C13H9Br2NO3S2. The molecule has 1 N–H and O–H groups in total. The van der Waals surface area contributed by atoms with Crippen molar-refractivity contribution in [2.75, 3.05) is 6.54 Å². The van der Waals surface area contributed by atoms with Crippen LogP contribution < -0.4 is 0 Å². The number of rotatable bonds is 2. The fourth-order valence-corrected chi connectivity index (χ4v) is 5.29. The van der Waals surface area contributed by atoms with Gasteiger partial charge in [0.15, 0.2) is 6.04 Å².